The molecule has 0 saturated heterocycles. The monoisotopic (exact) mass is 249 g/mol. The van der Waals surface area contributed by atoms with Crippen molar-refractivity contribution in [2.75, 3.05) is 13.6 Å². The van der Waals surface area contributed by atoms with Gasteiger partial charge in [0.25, 0.3) is 0 Å². The van der Waals surface area contributed by atoms with E-state index in [-0.39, 0.29) is 17.7 Å². The summed E-state index contributed by atoms with van der Waals surface area (Å²) in [5.74, 6) is -0.0205. The Hall–Kier alpha value is -2.04. The first-order chi connectivity index (χ1) is 8.54. The summed E-state index contributed by atoms with van der Waals surface area (Å²) in [5.41, 5.74) is 6.46. The van der Waals surface area contributed by atoms with Crippen LogP contribution in [0.1, 0.15) is 12.5 Å². The lowest BCUT2D eigenvalue weighted by Gasteiger charge is -2.20. The van der Waals surface area contributed by atoms with Crippen LogP contribution in [0.15, 0.2) is 35.5 Å². The molecule has 0 radical (unpaired) electrons. The van der Waals surface area contributed by atoms with Gasteiger partial charge in [0.1, 0.15) is 5.84 Å². The molecule has 5 heteroatoms. The summed E-state index contributed by atoms with van der Waals surface area (Å²) in [6, 6.07) is 9.55. The average molecular weight is 249 g/mol. The number of likely N-dealkylation sites (N-methyl/N-ethyl adjacent to an activating group) is 1. The zero-order valence-corrected chi connectivity index (χ0v) is 10.7. The molecule has 1 atom stereocenters. The molecule has 1 amide bonds. The van der Waals surface area contributed by atoms with Gasteiger partial charge in [-0.25, -0.2) is 0 Å². The summed E-state index contributed by atoms with van der Waals surface area (Å²) in [6.45, 7) is 2.24. The van der Waals surface area contributed by atoms with E-state index in [1.54, 1.807) is 18.9 Å². The number of amidine groups is 1. The molecule has 0 aliphatic carbocycles. The molecule has 5 nitrogen and oxygen atoms in total. The van der Waals surface area contributed by atoms with Gasteiger partial charge in [-0.15, -0.1) is 0 Å². The van der Waals surface area contributed by atoms with Crippen molar-refractivity contribution in [1.82, 2.24) is 4.90 Å². The number of amides is 1. The molecule has 0 bridgehead atoms. The minimum Gasteiger partial charge on any atom is -0.409 e. The predicted octanol–water partition coefficient (Wildman–Crippen LogP) is 1.07. The summed E-state index contributed by atoms with van der Waals surface area (Å²) in [6.07, 6.45) is 0.361. The Morgan fingerprint density at radius 3 is 2.61 bits per heavy atom. The Balaban J connectivity index is 2.52. The fraction of sp³-hybridized carbons (Fsp3) is 0.385. The number of benzene rings is 1. The summed E-state index contributed by atoms with van der Waals surface area (Å²) >= 11 is 0. The topological polar surface area (TPSA) is 78.9 Å². The van der Waals surface area contributed by atoms with E-state index in [2.05, 4.69) is 5.16 Å². The number of nitrogens with zero attached hydrogens (tertiary/aromatic N) is 2. The highest BCUT2D eigenvalue weighted by Gasteiger charge is 2.15. The molecule has 0 aliphatic rings. The Morgan fingerprint density at radius 1 is 1.44 bits per heavy atom. The molecule has 0 spiro atoms. The van der Waals surface area contributed by atoms with E-state index < -0.39 is 0 Å². The lowest BCUT2D eigenvalue weighted by molar-refractivity contribution is -0.129. The number of oxime groups is 1. The van der Waals surface area contributed by atoms with Gasteiger partial charge in [0.15, 0.2) is 0 Å². The molecule has 0 heterocycles. The first kappa shape index (κ1) is 14.0. The number of rotatable bonds is 5. The highest BCUT2D eigenvalue weighted by Crippen LogP contribution is 2.04. The van der Waals surface area contributed by atoms with Gasteiger partial charge in [-0.1, -0.05) is 42.4 Å². The highest BCUT2D eigenvalue weighted by molar-refractivity contribution is 5.83. The van der Waals surface area contributed by atoms with Gasteiger partial charge in [0.05, 0.1) is 6.42 Å². The first-order valence-electron chi connectivity index (χ1n) is 5.80. The van der Waals surface area contributed by atoms with Crippen LogP contribution in [-0.4, -0.2) is 35.4 Å². The number of hydrogen-bond donors (Lipinski definition) is 2. The van der Waals surface area contributed by atoms with Gasteiger partial charge in [0.2, 0.25) is 5.91 Å². The second kappa shape index (κ2) is 6.64. The summed E-state index contributed by atoms with van der Waals surface area (Å²) in [5, 5.41) is 11.5. The Bertz CT molecular complexity index is 418. The lowest BCUT2D eigenvalue weighted by atomic mass is 10.1. The minimum atomic E-state index is -0.167. The van der Waals surface area contributed by atoms with Crippen LogP contribution >= 0.6 is 0 Å². The summed E-state index contributed by atoms with van der Waals surface area (Å²) in [4.78, 5) is 13.5. The molecule has 1 rings (SSSR count). The van der Waals surface area contributed by atoms with Crippen LogP contribution in [0, 0.1) is 5.92 Å². The maximum Gasteiger partial charge on any atom is 0.226 e. The first-order valence-corrected chi connectivity index (χ1v) is 5.80. The van der Waals surface area contributed by atoms with E-state index in [1.165, 1.54) is 0 Å². The molecule has 98 valence electrons. The third kappa shape index (κ3) is 4.08. The molecule has 1 unspecified atom stereocenters. The van der Waals surface area contributed by atoms with Crippen molar-refractivity contribution in [3.05, 3.63) is 35.9 Å². The van der Waals surface area contributed by atoms with Crippen molar-refractivity contribution < 1.29 is 10.0 Å². The van der Waals surface area contributed by atoms with Crippen molar-refractivity contribution in [3.8, 4) is 0 Å². The van der Waals surface area contributed by atoms with E-state index in [0.29, 0.717) is 13.0 Å². The zero-order valence-electron chi connectivity index (χ0n) is 10.7. The molecule has 0 saturated carbocycles. The van der Waals surface area contributed by atoms with E-state index in [4.69, 9.17) is 10.9 Å². The molecular weight excluding hydrogens is 230 g/mol. The van der Waals surface area contributed by atoms with Gasteiger partial charge in [-0.05, 0) is 5.56 Å². The molecular formula is C13H19N3O2. The smallest absolute Gasteiger partial charge is 0.226 e. The Morgan fingerprint density at radius 2 is 2.06 bits per heavy atom. The SMILES string of the molecule is CC(CN(C)C(=O)Cc1ccccc1)C(N)=NO. The quantitative estimate of drug-likeness (QED) is 0.354. The van der Waals surface area contributed by atoms with Crippen LogP contribution in [0.4, 0.5) is 0 Å². The lowest BCUT2D eigenvalue weighted by Crippen LogP contribution is -2.37. The fourth-order valence-electron chi connectivity index (χ4n) is 1.61. The van der Waals surface area contributed by atoms with Crippen molar-refractivity contribution >= 4 is 11.7 Å². The van der Waals surface area contributed by atoms with E-state index in [9.17, 15) is 4.79 Å². The van der Waals surface area contributed by atoms with Crippen LogP contribution in [0.3, 0.4) is 0 Å². The Kier molecular flexibility index (Phi) is 5.17. The third-order valence-electron chi connectivity index (χ3n) is 2.79. The maximum atomic E-state index is 11.9. The largest absolute Gasteiger partial charge is 0.409 e. The molecule has 18 heavy (non-hydrogen) atoms. The number of carbonyl (C=O) groups is 1. The predicted molar refractivity (Wildman–Crippen MR) is 70.4 cm³/mol. The number of nitrogens with two attached hydrogens (primary N) is 1. The van der Waals surface area contributed by atoms with Gasteiger partial charge >= 0.3 is 0 Å². The minimum absolute atomic E-state index is 0.0128. The van der Waals surface area contributed by atoms with E-state index >= 15 is 0 Å². The molecule has 0 aliphatic heterocycles. The van der Waals surface area contributed by atoms with Crippen LogP contribution in [0.25, 0.3) is 0 Å². The normalized spacial score (nSPS) is 13.1. The van der Waals surface area contributed by atoms with Gasteiger partial charge in [-0.2, -0.15) is 0 Å². The zero-order chi connectivity index (χ0) is 13.5. The van der Waals surface area contributed by atoms with Crippen LogP contribution in [0.2, 0.25) is 0 Å². The number of hydrogen-bond acceptors (Lipinski definition) is 3. The molecule has 1 aromatic carbocycles. The molecule has 1 aromatic rings. The van der Waals surface area contributed by atoms with Crippen LogP contribution in [-0.2, 0) is 11.2 Å². The maximum absolute atomic E-state index is 11.9. The highest BCUT2D eigenvalue weighted by atomic mass is 16.4. The fourth-order valence-corrected chi connectivity index (χ4v) is 1.61. The van der Waals surface area contributed by atoms with Gasteiger partial charge < -0.3 is 15.8 Å². The average Bonchev–Trinajstić information content (AvgIpc) is 2.38. The number of carbonyl (C=O) groups excluding carboxylic acids is 1. The second-order valence-electron chi connectivity index (χ2n) is 4.36. The van der Waals surface area contributed by atoms with Crippen LogP contribution in [0.5, 0.6) is 0 Å². The van der Waals surface area contributed by atoms with E-state index in [1.807, 2.05) is 30.3 Å². The van der Waals surface area contributed by atoms with Crippen molar-refractivity contribution in [1.29, 1.82) is 0 Å². The molecule has 3 N–H and O–H groups in total. The molecule has 0 aromatic heterocycles. The molecule has 0 fully saturated rings. The van der Waals surface area contributed by atoms with Gasteiger partial charge in [-0.3, -0.25) is 4.79 Å². The van der Waals surface area contributed by atoms with Crippen molar-refractivity contribution in [2.24, 2.45) is 16.8 Å². The van der Waals surface area contributed by atoms with Crippen molar-refractivity contribution in [2.45, 2.75) is 13.3 Å². The standard InChI is InChI=1S/C13H19N3O2/c1-10(13(14)15-18)9-16(2)12(17)8-11-6-4-3-5-7-11/h3-7,10,18H,8-9H2,1-2H3,(H2,14,15). The third-order valence-corrected chi connectivity index (χ3v) is 2.79. The van der Waals surface area contributed by atoms with Crippen molar-refractivity contribution in [3.63, 3.8) is 0 Å². The summed E-state index contributed by atoms with van der Waals surface area (Å²) in [7, 11) is 1.71. The Labute approximate surface area is 107 Å². The second-order valence-corrected chi connectivity index (χ2v) is 4.36. The summed E-state index contributed by atoms with van der Waals surface area (Å²) < 4.78 is 0. The van der Waals surface area contributed by atoms with Gasteiger partial charge in [0, 0.05) is 19.5 Å². The van der Waals surface area contributed by atoms with Crippen LogP contribution < -0.4 is 5.73 Å². The van der Waals surface area contributed by atoms with E-state index in [0.717, 1.165) is 5.56 Å².